The molecule has 0 radical (unpaired) electrons. The molecule has 0 saturated heterocycles. The predicted molar refractivity (Wildman–Crippen MR) is 95.5 cm³/mol. The topological polar surface area (TPSA) is 109 Å². The Bertz CT molecular complexity index is 880. The van der Waals surface area contributed by atoms with Gasteiger partial charge in [0.05, 0.1) is 0 Å². The van der Waals surface area contributed by atoms with Crippen molar-refractivity contribution in [2.24, 2.45) is 5.92 Å². The zero-order valence-corrected chi connectivity index (χ0v) is 14.6. The van der Waals surface area contributed by atoms with E-state index in [1.54, 1.807) is 25.1 Å². The van der Waals surface area contributed by atoms with Gasteiger partial charge >= 0.3 is 5.97 Å². The summed E-state index contributed by atoms with van der Waals surface area (Å²) in [4.78, 5) is 35.5. The van der Waals surface area contributed by atoms with Crippen molar-refractivity contribution in [3.8, 4) is 0 Å². The number of nitrogens with one attached hydrogen (secondary N) is 2. The number of carbonyl (C=O) groups excluding carboxylic acids is 2. The molecule has 2 aromatic rings. The number of anilines is 2. The lowest BCUT2D eigenvalue weighted by molar-refractivity contribution is -0.117. The summed E-state index contributed by atoms with van der Waals surface area (Å²) in [6.45, 7) is 3.58. The average Bonchev–Trinajstić information content (AvgIpc) is 3.36. The van der Waals surface area contributed by atoms with Crippen LogP contribution >= 0.6 is 0 Å². The second-order valence-corrected chi connectivity index (χ2v) is 6.35. The first-order chi connectivity index (χ1) is 12.4. The molecule has 0 unspecified atom stereocenters. The van der Waals surface area contributed by atoms with Gasteiger partial charge in [0.1, 0.15) is 11.3 Å². The highest BCUT2D eigenvalue weighted by Gasteiger charge is 2.29. The van der Waals surface area contributed by atoms with E-state index in [1.165, 1.54) is 6.07 Å². The highest BCUT2D eigenvalue weighted by molar-refractivity contribution is 6.05. The first-order valence-electron chi connectivity index (χ1n) is 8.48. The Hall–Kier alpha value is -3.09. The summed E-state index contributed by atoms with van der Waals surface area (Å²) in [5, 5.41) is 14.7. The summed E-state index contributed by atoms with van der Waals surface area (Å²) in [5.41, 5.74) is 1.92. The number of aromatic carboxylic acids is 1. The maximum absolute atomic E-state index is 12.4. The van der Waals surface area contributed by atoms with Gasteiger partial charge in [0, 0.05) is 29.8 Å². The molecule has 0 bridgehead atoms. The Balaban J connectivity index is 1.78. The highest BCUT2D eigenvalue weighted by Crippen LogP contribution is 2.31. The third-order valence-corrected chi connectivity index (χ3v) is 4.29. The van der Waals surface area contributed by atoms with Crippen LogP contribution in [0.2, 0.25) is 0 Å². The van der Waals surface area contributed by atoms with Crippen molar-refractivity contribution in [2.75, 3.05) is 10.6 Å². The van der Waals surface area contributed by atoms with E-state index in [4.69, 9.17) is 9.52 Å². The summed E-state index contributed by atoms with van der Waals surface area (Å²) in [7, 11) is 0. The van der Waals surface area contributed by atoms with Gasteiger partial charge in [-0.1, -0.05) is 13.0 Å². The standard InChI is InChI=1S/C19H20N2O5/c1-3-15-13(19(24)25)9-16(26-15)18(23)21-14-8-12(7-4-10(14)2)20-17(22)11-5-6-11/h4,7-9,11H,3,5-6H2,1-2H3,(H,20,22)(H,21,23)(H,24,25). The van der Waals surface area contributed by atoms with Crippen molar-refractivity contribution in [2.45, 2.75) is 33.1 Å². The smallest absolute Gasteiger partial charge is 0.339 e. The first-order valence-corrected chi connectivity index (χ1v) is 8.48. The number of furan rings is 1. The minimum Gasteiger partial charge on any atom is -0.478 e. The maximum Gasteiger partial charge on any atom is 0.339 e. The van der Waals surface area contributed by atoms with Gasteiger partial charge < -0.3 is 20.2 Å². The SMILES string of the molecule is CCc1oc(C(=O)Nc2cc(NC(=O)C3CC3)ccc2C)cc1C(=O)O. The number of amides is 2. The van der Waals surface area contributed by atoms with E-state index in [9.17, 15) is 14.4 Å². The van der Waals surface area contributed by atoms with E-state index in [1.807, 2.05) is 6.92 Å². The second kappa shape index (κ2) is 7.03. The molecule has 3 N–H and O–H groups in total. The molecular weight excluding hydrogens is 336 g/mol. The quantitative estimate of drug-likeness (QED) is 0.734. The largest absolute Gasteiger partial charge is 0.478 e. The fraction of sp³-hybridized carbons (Fsp3) is 0.316. The Morgan fingerprint density at radius 1 is 1.19 bits per heavy atom. The fourth-order valence-electron chi connectivity index (χ4n) is 2.59. The van der Waals surface area contributed by atoms with Crippen LogP contribution in [0, 0.1) is 12.8 Å². The zero-order valence-electron chi connectivity index (χ0n) is 14.6. The van der Waals surface area contributed by atoms with Crippen molar-refractivity contribution in [1.29, 1.82) is 0 Å². The Morgan fingerprint density at radius 2 is 1.92 bits per heavy atom. The molecule has 3 rings (SSSR count). The van der Waals surface area contributed by atoms with Crippen LogP contribution in [0.1, 0.15) is 52.0 Å². The number of hydrogen-bond donors (Lipinski definition) is 3. The molecule has 2 amide bonds. The third kappa shape index (κ3) is 3.77. The summed E-state index contributed by atoms with van der Waals surface area (Å²) in [6.07, 6.45) is 2.19. The lowest BCUT2D eigenvalue weighted by Crippen LogP contribution is -2.15. The molecule has 1 aliphatic rings. The molecule has 1 heterocycles. The van der Waals surface area contributed by atoms with Crippen LogP contribution in [0.25, 0.3) is 0 Å². The molecule has 26 heavy (non-hydrogen) atoms. The van der Waals surface area contributed by atoms with Crippen molar-refractivity contribution in [1.82, 2.24) is 0 Å². The molecule has 0 spiro atoms. The predicted octanol–water partition coefficient (Wildman–Crippen LogP) is 3.45. The molecule has 7 nitrogen and oxygen atoms in total. The normalized spacial score (nSPS) is 13.3. The third-order valence-electron chi connectivity index (χ3n) is 4.29. The lowest BCUT2D eigenvalue weighted by atomic mass is 10.1. The van der Waals surface area contributed by atoms with Crippen LogP contribution in [0.5, 0.6) is 0 Å². The number of rotatable bonds is 6. The number of benzene rings is 1. The summed E-state index contributed by atoms with van der Waals surface area (Å²) in [5.74, 6) is -1.42. The van der Waals surface area contributed by atoms with Gasteiger partial charge in [-0.25, -0.2) is 4.79 Å². The molecule has 1 aromatic carbocycles. The number of carboxylic acids is 1. The van der Waals surface area contributed by atoms with Gasteiger partial charge in [0.25, 0.3) is 5.91 Å². The summed E-state index contributed by atoms with van der Waals surface area (Å²) in [6, 6.07) is 6.47. The summed E-state index contributed by atoms with van der Waals surface area (Å²) >= 11 is 0. The molecule has 7 heteroatoms. The van der Waals surface area contributed by atoms with Crippen LogP contribution in [0.4, 0.5) is 11.4 Å². The van der Waals surface area contributed by atoms with E-state index < -0.39 is 11.9 Å². The first kappa shape index (κ1) is 17.7. The van der Waals surface area contributed by atoms with Gasteiger partial charge in [-0.15, -0.1) is 0 Å². The van der Waals surface area contributed by atoms with E-state index in [2.05, 4.69) is 10.6 Å². The minimum atomic E-state index is -1.13. The van der Waals surface area contributed by atoms with Crippen molar-refractivity contribution in [3.05, 3.63) is 46.9 Å². The van der Waals surface area contributed by atoms with Gasteiger partial charge in [0.2, 0.25) is 5.91 Å². The van der Waals surface area contributed by atoms with Crippen LogP contribution < -0.4 is 10.6 Å². The number of hydrogen-bond acceptors (Lipinski definition) is 4. The van der Waals surface area contributed by atoms with Crippen LogP contribution in [-0.2, 0) is 11.2 Å². The highest BCUT2D eigenvalue weighted by atomic mass is 16.4. The minimum absolute atomic E-state index is 0.0141. The van der Waals surface area contributed by atoms with Gasteiger partial charge in [0.15, 0.2) is 5.76 Å². The molecule has 1 aromatic heterocycles. The lowest BCUT2D eigenvalue weighted by Gasteiger charge is -2.11. The van der Waals surface area contributed by atoms with E-state index in [-0.39, 0.29) is 28.9 Å². The molecule has 136 valence electrons. The summed E-state index contributed by atoms with van der Waals surface area (Å²) < 4.78 is 5.37. The van der Waals surface area contributed by atoms with Crippen molar-refractivity contribution in [3.63, 3.8) is 0 Å². The number of carboxylic acid groups (broad SMARTS) is 1. The molecule has 0 atom stereocenters. The Labute approximate surface area is 150 Å². The average molecular weight is 356 g/mol. The van der Waals surface area contributed by atoms with Gasteiger partial charge in [-0.3, -0.25) is 9.59 Å². The van der Waals surface area contributed by atoms with Crippen LogP contribution in [0.3, 0.4) is 0 Å². The van der Waals surface area contributed by atoms with Crippen LogP contribution in [-0.4, -0.2) is 22.9 Å². The Morgan fingerprint density at radius 3 is 2.50 bits per heavy atom. The van der Waals surface area contributed by atoms with Crippen molar-refractivity contribution >= 4 is 29.2 Å². The fourth-order valence-corrected chi connectivity index (χ4v) is 2.59. The molecular formula is C19H20N2O5. The second-order valence-electron chi connectivity index (χ2n) is 6.35. The van der Waals surface area contributed by atoms with Crippen molar-refractivity contribution < 1.29 is 23.9 Å². The van der Waals surface area contributed by atoms with E-state index >= 15 is 0 Å². The number of aryl methyl sites for hydroxylation is 2. The molecule has 1 aliphatic carbocycles. The number of carbonyl (C=O) groups is 3. The van der Waals surface area contributed by atoms with E-state index in [0.29, 0.717) is 17.8 Å². The van der Waals surface area contributed by atoms with Crippen LogP contribution in [0.15, 0.2) is 28.7 Å². The Kier molecular flexibility index (Phi) is 4.79. The monoisotopic (exact) mass is 356 g/mol. The zero-order chi connectivity index (χ0) is 18.8. The van der Waals surface area contributed by atoms with E-state index in [0.717, 1.165) is 18.4 Å². The molecule has 1 fully saturated rings. The van der Waals surface area contributed by atoms with Gasteiger partial charge in [-0.2, -0.15) is 0 Å². The maximum atomic E-state index is 12.4. The molecule has 1 saturated carbocycles. The van der Waals surface area contributed by atoms with Gasteiger partial charge in [-0.05, 0) is 37.5 Å². The molecule has 0 aliphatic heterocycles.